The van der Waals surface area contributed by atoms with Gasteiger partial charge in [-0.2, -0.15) is 0 Å². The van der Waals surface area contributed by atoms with Gasteiger partial charge in [-0.1, -0.05) is 6.07 Å². The lowest BCUT2D eigenvalue weighted by molar-refractivity contribution is -0.121. The molecular weight excluding hydrogens is 383 g/mol. The van der Waals surface area contributed by atoms with Crippen LogP contribution in [-0.4, -0.2) is 35.3 Å². The number of carbonyl (C=O) groups is 1. The molecule has 0 saturated heterocycles. The number of aliphatic imine (C=N–C) groups is 1. The molecule has 0 saturated carbocycles. The fourth-order valence-electron chi connectivity index (χ4n) is 3.45. The molecule has 0 radical (unpaired) electrons. The number of hydrogen-bond donors (Lipinski definition) is 1. The first-order valence-corrected chi connectivity index (χ1v) is 9.62. The summed E-state index contributed by atoms with van der Waals surface area (Å²) in [6.07, 6.45) is 3.57. The lowest BCUT2D eigenvalue weighted by Gasteiger charge is -2.17. The van der Waals surface area contributed by atoms with Gasteiger partial charge in [-0.05, 0) is 48.0 Å². The summed E-state index contributed by atoms with van der Waals surface area (Å²) in [5.41, 5.74) is 4.97. The number of aromatic nitrogens is 2. The van der Waals surface area contributed by atoms with E-state index in [1.165, 1.54) is 12.1 Å². The smallest absolute Gasteiger partial charge is 0.226 e. The molecular formula is C23H21FN4O2. The van der Waals surface area contributed by atoms with Crippen molar-refractivity contribution in [3.05, 3.63) is 94.8 Å². The third kappa shape index (κ3) is 4.41. The maximum Gasteiger partial charge on any atom is 0.226 e. The Hall–Kier alpha value is -3.45. The lowest BCUT2D eigenvalue weighted by atomic mass is 10.0. The average molecular weight is 404 g/mol. The van der Waals surface area contributed by atoms with Crippen LogP contribution in [0.5, 0.6) is 0 Å². The Morgan fingerprint density at radius 3 is 2.77 bits per heavy atom. The van der Waals surface area contributed by atoms with Crippen molar-refractivity contribution in [2.24, 2.45) is 4.99 Å². The zero-order valence-electron chi connectivity index (χ0n) is 16.5. The van der Waals surface area contributed by atoms with E-state index >= 15 is 0 Å². The fourth-order valence-corrected chi connectivity index (χ4v) is 3.45. The van der Waals surface area contributed by atoms with Crippen LogP contribution in [-0.2, 0) is 22.5 Å². The molecule has 3 aromatic rings. The molecule has 0 aliphatic carbocycles. The Morgan fingerprint density at radius 1 is 1.20 bits per heavy atom. The number of carbonyl (C=O) groups excluding carboxylic acids is 1. The van der Waals surface area contributed by atoms with E-state index < -0.39 is 0 Å². The van der Waals surface area contributed by atoms with E-state index in [0.717, 1.165) is 28.1 Å². The Labute approximate surface area is 173 Å². The number of hydrogen-bond acceptors (Lipinski definition) is 5. The van der Waals surface area contributed by atoms with Gasteiger partial charge in [0.1, 0.15) is 5.82 Å². The van der Waals surface area contributed by atoms with Crippen LogP contribution in [0.25, 0.3) is 0 Å². The van der Waals surface area contributed by atoms with E-state index in [9.17, 15) is 9.18 Å². The summed E-state index contributed by atoms with van der Waals surface area (Å²) in [6, 6.07) is 13.4. The van der Waals surface area contributed by atoms with Crippen molar-refractivity contribution in [2.45, 2.75) is 19.0 Å². The summed E-state index contributed by atoms with van der Waals surface area (Å²) >= 11 is 0. The molecule has 4 rings (SSSR count). The van der Waals surface area contributed by atoms with Crippen molar-refractivity contribution in [2.75, 3.05) is 13.7 Å². The number of nitrogens with one attached hydrogen (secondary N) is 1. The SMILES string of the molecule is COC[C@H](NC(=O)Cc1cc2c(cn1)C(c1ccc(F)cc1)=NC2)c1ccccn1. The molecule has 30 heavy (non-hydrogen) atoms. The molecule has 3 heterocycles. The zero-order chi connectivity index (χ0) is 20.9. The van der Waals surface area contributed by atoms with Gasteiger partial charge in [-0.25, -0.2) is 4.39 Å². The molecule has 1 atom stereocenters. The molecule has 2 aromatic heterocycles. The highest BCUT2D eigenvalue weighted by Crippen LogP contribution is 2.23. The minimum atomic E-state index is -0.327. The van der Waals surface area contributed by atoms with Crippen molar-refractivity contribution >= 4 is 11.6 Å². The molecule has 6 nitrogen and oxygen atoms in total. The molecule has 0 bridgehead atoms. The highest BCUT2D eigenvalue weighted by atomic mass is 19.1. The first kappa shape index (κ1) is 19.8. The Balaban J connectivity index is 1.45. The van der Waals surface area contributed by atoms with E-state index in [1.54, 1.807) is 31.6 Å². The van der Waals surface area contributed by atoms with Gasteiger partial charge in [0.2, 0.25) is 5.91 Å². The molecule has 1 N–H and O–H groups in total. The lowest BCUT2D eigenvalue weighted by Crippen LogP contribution is -2.33. The quantitative estimate of drug-likeness (QED) is 0.657. The molecule has 1 aliphatic heterocycles. The highest BCUT2D eigenvalue weighted by molar-refractivity contribution is 6.14. The molecule has 7 heteroatoms. The second kappa shape index (κ2) is 8.92. The van der Waals surface area contributed by atoms with Gasteiger partial charge in [0.25, 0.3) is 0 Å². The minimum absolute atomic E-state index is 0.145. The first-order valence-electron chi connectivity index (χ1n) is 9.62. The monoisotopic (exact) mass is 404 g/mol. The van der Waals surface area contributed by atoms with Gasteiger partial charge in [0, 0.05) is 30.6 Å². The van der Waals surface area contributed by atoms with Gasteiger partial charge in [-0.3, -0.25) is 19.8 Å². The number of rotatable bonds is 7. The second-order valence-electron chi connectivity index (χ2n) is 7.01. The van der Waals surface area contributed by atoms with Crippen LogP contribution in [0.15, 0.2) is 65.9 Å². The number of halogens is 1. The molecule has 152 valence electrons. The second-order valence-corrected chi connectivity index (χ2v) is 7.01. The minimum Gasteiger partial charge on any atom is -0.382 e. The summed E-state index contributed by atoms with van der Waals surface area (Å²) in [5.74, 6) is -0.442. The summed E-state index contributed by atoms with van der Waals surface area (Å²) in [6.45, 7) is 0.842. The van der Waals surface area contributed by atoms with E-state index in [1.807, 2.05) is 24.3 Å². The maximum absolute atomic E-state index is 13.2. The zero-order valence-corrected chi connectivity index (χ0v) is 16.5. The first-order chi connectivity index (χ1) is 14.6. The van der Waals surface area contributed by atoms with Crippen LogP contribution >= 0.6 is 0 Å². The summed E-state index contributed by atoms with van der Waals surface area (Å²) in [4.78, 5) is 25.9. The summed E-state index contributed by atoms with van der Waals surface area (Å²) in [5, 5.41) is 2.96. The number of benzene rings is 1. The van der Waals surface area contributed by atoms with Crippen LogP contribution in [0.3, 0.4) is 0 Å². The van der Waals surface area contributed by atoms with Crippen LogP contribution in [0.2, 0.25) is 0 Å². The molecule has 0 spiro atoms. The number of amides is 1. The third-order valence-corrected chi connectivity index (χ3v) is 4.88. The highest BCUT2D eigenvalue weighted by Gasteiger charge is 2.20. The van der Waals surface area contributed by atoms with Crippen LogP contribution in [0.1, 0.15) is 34.1 Å². The Kier molecular flexibility index (Phi) is 5.90. The van der Waals surface area contributed by atoms with Crippen LogP contribution < -0.4 is 5.32 Å². The molecule has 0 unspecified atom stereocenters. The Bertz CT molecular complexity index is 1070. The fraction of sp³-hybridized carbons (Fsp3) is 0.217. The van der Waals surface area contributed by atoms with Crippen LogP contribution in [0.4, 0.5) is 4.39 Å². The maximum atomic E-state index is 13.2. The number of fused-ring (bicyclic) bond motifs is 1. The number of pyridine rings is 2. The van der Waals surface area contributed by atoms with Crippen molar-refractivity contribution in [3.8, 4) is 0 Å². The predicted octanol–water partition coefficient (Wildman–Crippen LogP) is 3.01. The van der Waals surface area contributed by atoms with E-state index in [2.05, 4.69) is 20.3 Å². The molecule has 1 aliphatic rings. The van der Waals surface area contributed by atoms with Crippen LogP contribution in [0, 0.1) is 5.82 Å². The van der Waals surface area contributed by atoms with Gasteiger partial charge < -0.3 is 10.1 Å². The summed E-state index contributed by atoms with van der Waals surface area (Å²) < 4.78 is 18.4. The predicted molar refractivity (Wildman–Crippen MR) is 111 cm³/mol. The van der Waals surface area contributed by atoms with Gasteiger partial charge in [0.15, 0.2) is 0 Å². The van der Waals surface area contributed by atoms with Crippen molar-refractivity contribution in [1.29, 1.82) is 0 Å². The van der Waals surface area contributed by atoms with E-state index in [-0.39, 0.29) is 24.2 Å². The average Bonchev–Trinajstić information content (AvgIpc) is 3.18. The largest absolute Gasteiger partial charge is 0.382 e. The Morgan fingerprint density at radius 2 is 2.03 bits per heavy atom. The topological polar surface area (TPSA) is 76.5 Å². The van der Waals surface area contributed by atoms with Gasteiger partial charge >= 0.3 is 0 Å². The number of methoxy groups -OCH3 is 1. The van der Waals surface area contributed by atoms with Crippen molar-refractivity contribution in [3.63, 3.8) is 0 Å². The van der Waals surface area contributed by atoms with E-state index in [4.69, 9.17) is 4.74 Å². The van der Waals surface area contributed by atoms with Crippen molar-refractivity contribution < 1.29 is 13.9 Å². The summed E-state index contributed by atoms with van der Waals surface area (Å²) in [7, 11) is 1.59. The van der Waals surface area contributed by atoms with Crippen molar-refractivity contribution in [1.82, 2.24) is 15.3 Å². The normalized spacial score (nSPS) is 13.5. The van der Waals surface area contributed by atoms with Gasteiger partial charge in [0.05, 0.1) is 42.7 Å². The third-order valence-electron chi connectivity index (χ3n) is 4.88. The molecule has 0 fully saturated rings. The number of ether oxygens (including phenoxy) is 1. The molecule has 1 aromatic carbocycles. The molecule has 1 amide bonds. The van der Waals surface area contributed by atoms with E-state index in [0.29, 0.717) is 18.8 Å². The standard InChI is InChI=1S/C23H21FN4O2/c1-30-14-21(20-4-2-3-9-25-20)28-22(29)11-18-10-16-12-27-23(19(16)13-26-18)15-5-7-17(24)8-6-15/h2-10,13,21H,11-12,14H2,1H3,(H,28,29)/t21-/m0/s1. The van der Waals surface area contributed by atoms with Gasteiger partial charge in [-0.15, -0.1) is 0 Å². The number of nitrogens with zero attached hydrogens (tertiary/aromatic N) is 3.